The Hall–Kier alpha value is -3.01. The van der Waals surface area contributed by atoms with Gasteiger partial charge >= 0.3 is 40.6 Å². The molecule has 0 aliphatic heterocycles. The fourth-order valence-corrected chi connectivity index (χ4v) is 20.5. The molecule has 4 aromatic rings. The van der Waals surface area contributed by atoms with Crippen molar-refractivity contribution in [1.82, 2.24) is 4.98 Å². The molecule has 0 aromatic heterocycles. The van der Waals surface area contributed by atoms with Gasteiger partial charge in [0.05, 0.1) is 0 Å². The molecular weight excluding hydrogens is 884 g/mol. The van der Waals surface area contributed by atoms with Gasteiger partial charge in [0.25, 0.3) is 0 Å². The van der Waals surface area contributed by atoms with Crippen LogP contribution in [0.15, 0.2) is 170 Å². The van der Waals surface area contributed by atoms with E-state index < -0.39 is 16.5 Å². The van der Waals surface area contributed by atoms with Gasteiger partial charge < -0.3 is 32.2 Å². The van der Waals surface area contributed by atoms with Crippen LogP contribution in [0, 0.1) is 46.0 Å². The minimum Gasteiger partial charge on any atom is -0.656 e. The van der Waals surface area contributed by atoms with Gasteiger partial charge in [-0.3, -0.25) is 0 Å². The summed E-state index contributed by atoms with van der Waals surface area (Å²) in [6, 6.07) is 39.4. The number of nitrogens with one attached hydrogen (secondary N) is 1. The van der Waals surface area contributed by atoms with Gasteiger partial charge in [-0.05, 0) is 106 Å². The predicted molar refractivity (Wildman–Crippen MR) is 302 cm³/mol. The van der Waals surface area contributed by atoms with Crippen LogP contribution in [0.25, 0.3) is 17.1 Å². The Balaban J connectivity index is 0.000000470. The van der Waals surface area contributed by atoms with Crippen LogP contribution in [-0.4, -0.2) is 27.5 Å². The Morgan fingerprint density at radius 1 is 0.559 bits per heavy atom. The molecule has 2 saturated carbocycles. The van der Waals surface area contributed by atoms with Crippen LogP contribution < -0.4 is 34.2 Å². The third kappa shape index (κ3) is 16.0. The van der Waals surface area contributed by atoms with E-state index in [2.05, 4.69) is 242 Å². The molecule has 1 N–H and O–H groups in total. The molecule has 8 unspecified atom stereocenters. The van der Waals surface area contributed by atoms with Gasteiger partial charge in [0.1, 0.15) is 0 Å². The van der Waals surface area contributed by atoms with Crippen LogP contribution in [0.3, 0.4) is 0 Å². The second kappa shape index (κ2) is 28.1. The first-order valence-electron chi connectivity index (χ1n) is 23.6. The fraction of sp³-hybridized carbons (Fsp3) is 0.371. The molecule has 0 bridgehead atoms. The van der Waals surface area contributed by atoms with Gasteiger partial charge in [-0.15, -0.1) is 5.54 Å². The fourth-order valence-electron chi connectivity index (χ4n) is 11.2. The van der Waals surface area contributed by atoms with Gasteiger partial charge in [-0.1, -0.05) is 247 Å². The number of allylic oxidation sites excluding steroid dienone is 10. The maximum atomic E-state index is 5.46. The van der Waals surface area contributed by atoms with Gasteiger partial charge in [-0.2, -0.15) is 0 Å². The van der Waals surface area contributed by atoms with Gasteiger partial charge in [-0.25, -0.2) is 0 Å². The van der Waals surface area contributed by atoms with Crippen LogP contribution >= 0.6 is 0 Å². The normalized spacial score (nSPS) is 23.1. The summed E-state index contributed by atoms with van der Waals surface area (Å²) >= 11 is 0. The monoisotopic (exact) mass is 970 g/mol. The summed E-state index contributed by atoms with van der Waals surface area (Å²) in [5.41, 5.74) is 7.02. The Labute approximate surface area is 447 Å². The van der Waals surface area contributed by atoms with E-state index in [4.69, 9.17) is 4.98 Å². The number of rotatable bonds is 6. The van der Waals surface area contributed by atoms with Crippen molar-refractivity contribution < 1.29 is 40.6 Å². The number of hydrogen-bond acceptors (Lipinski definition) is 1. The third-order valence-electron chi connectivity index (χ3n) is 13.8. The summed E-state index contributed by atoms with van der Waals surface area (Å²) in [6.45, 7) is 18.5. The van der Waals surface area contributed by atoms with E-state index in [1.807, 2.05) is 0 Å². The first-order valence-corrected chi connectivity index (χ1v) is 28.7. The van der Waals surface area contributed by atoms with E-state index in [-0.39, 0.29) is 81.4 Å². The number of benzene rings is 4. The minimum atomic E-state index is -1.92. The number of hydrogen-bond donors (Lipinski definition) is 1. The molecule has 356 valence electrons. The predicted octanol–water partition coefficient (Wildman–Crippen LogP) is 13.1. The van der Waals surface area contributed by atoms with Crippen molar-refractivity contribution in [3.8, 4) is 0 Å². The quantitative estimate of drug-likeness (QED) is 0.151. The summed E-state index contributed by atoms with van der Waals surface area (Å²) in [5, 5.41) is 2.97. The largest absolute Gasteiger partial charge is 4.00 e. The molecule has 0 radical (unpaired) electrons. The van der Waals surface area contributed by atoms with Gasteiger partial charge in [0, 0.05) is 11.1 Å². The summed E-state index contributed by atoms with van der Waals surface area (Å²) in [6.07, 6.45) is 35.6. The smallest absolute Gasteiger partial charge is 0.656 e. The van der Waals surface area contributed by atoms with Crippen molar-refractivity contribution in [3.63, 3.8) is 0 Å². The van der Waals surface area contributed by atoms with Gasteiger partial charge in [0.15, 0.2) is 8.24 Å². The second-order valence-corrected chi connectivity index (χ2v) is 28.4. The van der Waals surface area contributed by atoms with Gasteiger partial charge in [0.2, 0.25) is 0 Å². The summed E-state index contributed by atoms with van der Waals surface area (Å²) in [7, 11) is -3.81. The summed E-state index contributed by atoms with van der Waals surface area (Å²) in [4.78, 5) is 9.48. The molecule has 6 heteroatoms. The second-order valence-electron chi connectivity index (χ2n) is 20.7. The van der Waals surface area contributed by atoms with E-state index in [0.717, 1.165) is 29.7 Å². The summed E-state index contributed by atoms with van der Waals surface area (Å²) < 4.78 is 0. The molecule has 2 fully saturated rings. The van der Waals surface area contributed by atoms with Crippen molar-refractivity contribution in [2.75, 3.05) is 0 Å². The van der Waals surface area contributed by atoms with E-state index in [9.17, 15) is 0 Å². The first-order chi connectivity index (χ1) is 29.7. The molecule has 0 saturated heterocycles. The van der Waals surface area contributed by atoms with Crippen molar-refractivity contribution >= 4 is 39.0 Å². The Bertz CT molecular complexity index is 2250. The molecule has 6 aliphatic carbocycles. The third-order valence-corrected chi connectivity index (χ3v) is 23.1. The molecule has 8 atom stereocenters. The topological polar surface area (TPSA) is 26.1 Å². The molecule has 6 aliphatic rings. The average molecular weight is 970 g/mol. The molecule has 0 amide bonds. The molecular formula is C62H86LiN2Si2Ti+. The maximum Gasteiger partial charge on any atom is 4.00 e. The van der Waals surface area contributed by atoms with Crippen LogP contribution in [0.5, 0.6) is 0 Å². The Morgan fingerprint density at radius 3 is 1.65 bits per heavy atom. The van der Waals surface area contributed by atoms with E-state index >= 15 is 0 Å². The molecule has 4 aromatic carbocycles. The zero-order valence-electron chi connectivity index (χ0n) is 43.5. The van der Waals surface area contributed by atoms with Crippen molar-refractivity contribution in [2.24, 2.45) is 23.7 Å². The van der Waals surface area contributed by atoms with Crippen molar-refractivity contribution in [3.05, 3.63) is 219 Å². The maximum absolute atomic E-state index is 5.46. The number of fused-ring (bicyclic) bond motifs is 4. The summed E-state index contributed by atoms with van der Waals surface area (Å²) in [5.74, 6) is 3.22. The van der Waals surface area contributed by atoms with Crippen LogP contribution in [0.4, 0.5) is 0 Å². The first kappa shape index (κ1) is 63.0. The van der Waals surface area contributed by atoms with Crippen LogP contribution in [-0.2, 0) is 28.1 Å². The number of nitrogens with zero attached hydrogens (tertiary/aromatic N) is 1. The molecule has 2 nitrogen and oxygen atoms in total. The van der Waals surface area contributed by atoms with Crippen molar-refractivity contribution in [1.29, 1.82) is 0 Å². The van der Waals surface area contributed by atoms with Crippen molar-refractivity contribution in [2.45, 2.75) is 123 Å². The molecule has 0 heterocycles. The SMILES string of the molecule is C.C1=CC2CCCC2C=C1.C1=Cc2ccccc2C1.CC(C)(C)N[Si](C)(c1ccccc1)C1C=Cc2ccccc21.CC(C)(C)[N-][Si](C)(c1ccccc1)C1CCC2C=CC=CC21.[CH3-].[CH3-].[CH3-].[Li+].[Ti+4]. The minimum absolute atomic E-state index is 0. The molecule has 68 heavy (non-hydrogen) atoms. The zero-order valence-corrected chi connectivity index (χ0v) is 47.0. The average Bonchev–Trinajstić information content (AvgIpc) is 4.10. The molecule has 0 spiro atoms. The molecule has 10 rings (SSSR count). The Kier molecular flexibility index (Phi) is 26.1. The zero-order chi connectivity index (χ0) is 43.8. The Morgan fingerprint density at radius 2 is 1.07 bits per heavy atom. The standard InChI is InChI=1S/C20H28NSi.C20H25NSi.C9H12.C9H8.CH4.3CH3.Li.Ti/c2*1-20(2,3)21-22(4,17-11-6-5-7-12-17)19-15-14-16-10-8-9-13-18(16)19;2*1-2-5-9-7-3-6-8(9)4-1;;;;;;/h5-13,16,18-19H,14-15H2,1-4H3;5-15,19,21H,1-4H3;1-2,4-5,8-9H,3,6-7H2;1-6H,7H2;1H4;3*1H3;;/q-1;;;;;3*-1;+1;+4. The van der Waals surface area contributed by atoms with E-state index in [1.165, 1.54) is 64.7 Å². The van der Waals surface area contributed by atoms with Crippen LogP contribution in [0.2, 0.25) is 18.6 Å². The van der Waals surface area contributed by atoms with E-state index in [1.54, 1.807) is 0 Å². The van der Waals surface area contributed by atoms with E-state index in [0.29, 0.717) is 11.5 Å². The van der Waals surface area contributed by atoms with Crippen LogP contribution in [0.1, 0.15) is 109 Å².